The standard InChI is InChI=1S/C9H18N2/c1-9-3-2-6-11(7-4-9)8-5-10/h1-8,10H2. The third kappa shape index (κ3) is 3.04. The highest BCUT2D eigenvalue weighted by Crippen LogP contribution is 2.13. The van der Waals surface area contributed by atoms with Crippen LogP contribution in [-0.2, 0) is 0 Å². The molecule has 1 rings (SSSR count). The lowest BCUT2D eigenvalue weighted by Gasteiger charge is -2.17. The van der Waals surface area contributed by atoms with Crippen LogP contribution in [0.3, 0.4) is 0 Å². The Morgan fingerprint density at radius 3 is 2.91 bits per heavy atom. The Labute approximate surface area is 69.1 Å². The zero-order chi connectivity index (χ0) is 8.10. The highest BCUT2D eigenvalue weighted by atomic mass is 15.1. The first kappa shape index (κ1) is 8.75. The fraction of sp³-hybridized carbons (Fsp3) is 0.778. The van der Waals surface area contributed by atoms with Crippen molar-refractivity contribution in [3.8, 4) is 0 Å². The van der Waals surface area contributed by atoms with Crippen LogP contribution in [0.4, 0.5) is 0 Å². The predicted molar refractivity (Wildman–Crippen MR) is 48.5 cm³/mol. The molecule has 0 spiro atoms. The van der Waals surface area contributed by atoms with Gasteiger partial charge < -0.3 is 10.6 Å². The van der Waals surface area contributed by atoms with Crippen molar-refractivity contribution in [1.29, 1.82) is 0 Å². The van der Waals surface area contributed by atoms with Crippen LogP contribution in [0, 0.1) is 0 Å². The number of nitrogens with two attached hydrogens (primary N) is 1. The van der Waals surface area contributed by atoms with Gasteiger partial charge in [-0.3, -0.25) is 0 Å². The molecule has 1 fully saturated rings. The maximum absolute atomic E-state index is 5.48. The summed E-state index contributed by atoms with van der Waals surface area (Å²) in [5.74, 6) is 0. The topological polar surface area (TPSA) is 29.3 Å². The summed E-state index contributed by atoms with van der Waals surface area (Å²) in [7, 11) is 0. The van der Waals surface area contributed by atoms with Crippen molar-refractivity contribution in [3.05, 3.63) is 12.2 Å². The van der Waals surface area contributed by atoms with Crippen LogP contribution >= 0.6 is 0 Å². The molecule has 0 bridgehead atoms. The normalized spacial score (nSPS) is 21.7. The minimum absolute atomic E-state index is 0.784. The highest BCUT2D eigenvalue weighted by molar-refractivity contribution is 4.96. The van der Waals surface area contributed by atoms with Crippen LogP contribution in [0.5, 0.6) is 0 Å². The summed E-state index contributed by atoms with van der Waals surface area (Å²) < 4.78 is 0. The number of hydrogen-bond acceptors (Lipinski definition) is 2. The molecule has 0 aliphatic carbocycles. The van der Waals surface area contributed by atoms with Crippen LogP contribution in [0.15, 0.2) is 12.2 Å². The van der Waals surface area contributed by atoms with Crippen LogP contribution in [-0.4, -0.2) is 31.1 Å². The Morgan fingerprint density at radius 1 is 1.36 bits per heavy atom. The third-order valence-electron chi connectivity index (χ3n) is 2.23. The van der Waals surface area contributed by atoms with Gasteiger partial charge in [0, 0.05) is 19.6 Å². The summed E-state index contributed by atoms with van der Waals surface area (Å²) in [4.78, 5) is 2.43. The van der Waals surface area contributed by atoms with E-state index in [1.54, 1.807) is 0 Å². The van der Waals surface area contributed by atoms with Crippen molar-refractivity contribution >= 4 is 0 Å². The lowest BCUT2D eigenvalue weighted by Crippen LogP contribution is -2.30. The van der Waals surface area contributed by atoms with E-state index in [0.717, 1.165) is 19.6 Å². The monoisotopic (exact) mass is 154 g/mol. The summed E-state index contributed by atoms with van der Waals surface area (Å²) in [5.41, 5.74) is 6.89. The Hall–Kier alpha value is -0.340. The molecule has 1 aliphatic rings. The first-order valence-corrected chi connectivity index (χ1v) is 4.42. The molecule has 1 aliphatic heterocycles. The zero-order valence-corrected chi connectivity index (χ0v) is 7.18. The average molecular weight is 154 g/mol. The minimum atomic E-state index is 0.784. The largest absolute Gasteiger partial charge is 0.329 e. The first-order chi connectivity index (χ1) is 5.33. The van der Waals surface area contributed by atoms with Gasteiger partial charge in [0.1, 0.15) is 0 Å². The molecule has 1 saturated heterocycles. The molecule has 0 amide bonds. The summed E-state index contributed by atoms with van der Waals surface area (Å²) in [6.07, 6.45) is 3.64. The van der Waals surface area contributed by atoms with E-state index in [0.29, 0.717) is 0 Å². The fourth-order valence-corrected chi connectivity index (χ4v) is 1.51. The summed E-state index contributed by atoms with van der Waals surface area (Å²) in [5, 5.41) is 0. The smallest absolute Gasteiger partial charge is 0.0105 e. The molecule has 0 aromatic heterocycles. The summed E-state index contributed by atoms with van der Waals surface area (Å²) in [6.45, 7) is 8.21. The van der Waals surface area contributed by atoms with Crippen molar-refractivity contribution in [2.24, 2.45) is 5.73 Å². The number of nitrogens with zero attached hydrogens (tertiary/aromatic N) is 1. The van der Waals surface area contributed by atoms with Gasteiger partial charge in [-0.25, -0.2) is 0 Å². The van der Waals surface area contributed by atoms with Gasteiger partial charge in [-0.15, -0.1) is 0 Å². The molecule has 2 nitrogen and oxygen atoms in total. The van der Waals surface area contributed by atoms with E-state index < -0.39 is 0 Å². The van der Waals surface area contributed by atoms with Gasteiger partial charge in [0.2, 0.25) is 0 Å². The second kappa shape index (κ2) is 4.52. The van der Waals surface area contributed by atoms with Gasteiger partial charge in [-0.2, -0.15) is 0 Å². The van der Waals surface area contributed by atoms with Crippen molar-refractivity contribution in [1.82, 2.24) is 4.90 Å². The van der Waals surface area contributed by atoms with Crippen LogP contribution < -0.4 is 5.73 Å². The van der Waals surface area contributed by atoms with Crippen molar-refractivity contribution < 1.29 is 0 Å². The molecular weight excluding hydrogens is 136 g/mol. The van der Waals surface area contributed by atoms with Gasteiger partial charge in [-0.1, -0.05) is 12.2 Å². The van der Waals surface area contributed by atoms with E-state index in [2.05, 4.69) is 11.5 Å². The Bertz CT molecular complexity index is 132. The molecule has 1 heterocycles. The predicted octanol–water partition coefficient (Wildman–Crippen LogP) is 0.987. The van der Waals surface area contributed by atoms with E-state index in [9.17, 15) is 0 Å². The van der Waals surface area contributed by atoms with E-state index in [-0.39, 0.29) is 0 Å². The Balaban J connectivity index is 2.28. The molecule has 2 heteroatoms. The van der Waals surface area contributed by atoms with Gasteiger partial charge in [0.05, 0.1) is 0 Å². The molecule has 64 valence electrons. The molecular formula is C9H18N2. The van der Waals surface area contributed by atoms with E-state index in [1.807, 2.05) is 0 Å². The quantitative estimate of drug-likeness (QED) is 0.601. The van der Waals surface area contributed by atoms with Crippen molar-refractivity contribution in [2.75, 3.05) is 26.2 Å². The second-order valence-electron chi connectivity index (χ2n) is 3.23. The molecule has 0 aromatic carbocycles. The van der Waals surface area contributed by atoms with Gasteiger partial charge in [0.15, 0.2) is 0 Å². The number of likely N-dealkylation sites (tertiary alicyclic amines) is 1. The number of hydrogen-bond donors (Lipinski definition) is 1. The average Bonchev–Trinajstić information content (AvgIpc) is 2.17. The van der Waals surface area contributed by atoms with Crippen LogP contribution in [0.2, 0.25) is 0 Å². The molecule has 0 aromatic rings. The zero-order valence-electron chi connectivity index (χ0n) is 7.18. The van der Waals surface area contributed by atoms with Crippen molar-refractivity contribution in [3.63, 3.8) is 0 Å². The SMILES string of the molecule is C=C1CCCN(CCN)CC1. The first-order valence-electron chi connectivity index (χ1n) is 4.42. The summed E-state index contributed by atoms with van der Waals surface area (Å²) >= 11 is 0. The minimum Gasteiger partial charge on any atom is -0.329 e. The molecule has 0 atom stereocenters. The van der Waals surface area contributed by atoms with E-state index in [4.69, 9.17) is 5.73 Å². The van der Waals surface area contributed by atoms with E-state index in [1.165, 1.54) is 31.4 Å². The maximum atomic E-state index is 5.48. The third-order valence-corrected chi connectivity index (χ3v) is 2.23. The van der Waals surface area contributed by atoms with Gasteiger partial charge in [0.25, 0.3) is 0 Å². The summed E-state index contributed by atoms with van der Waals surface area (Å²) in [6, 6.07) is 0. The number of rotatable bonds is 2. The van der Waals surface area contributed by atoms with Gasteiger partial charge >= 0.3 is 0 Å². The second-order valence-corrected chi connectivity index (χ2v) is 3.23. The van der Waals surface area contributed by atoms with Crippen LogP contribution in [0.25, 0.3) is 0 Å². The molecule has 2 N–H and O–H groups in total. The van der Waals surface area contributed by atoms with Crippen molar-refractivity contribution in [2.45, 2.75) is 19.3 Å². The molecule has 0 saturated carbocycles. The fourth-order valence-electron chi connectivity index (χ4n) is 1.51. The van der Waals surface area contributed by atoms with Gasteiger partial charge in [-0.05, 0) is 25.8 Å². The van der Waals surface area contributed by atoms with E-state index >= 15 is 0 Å². The van der Waals surface area contributed by atoms with Crippen LogP contribution in [0.1, 0.15) is 19.3 Å². The molecule has 11 heavy (non-hydrogen) atoms. The molecule has 0 unspecified atom stereocenters. The maximum Gasteiger partial charge on any atom is 0.0105 e. The highest BCUT2D eigenvalue weighted by Gasteiger charge is 2.08. The Morgan fingerprint density at radius 2 is 2.18 bits per heavy atom. The Kier molecular flexibility index (Phi) is 3.60. The lowest BCUT2D eigenvalue weighted by atomic mass is 10.1. The molecule has 0 radical (unpaired) electrons. The lowest BCUT2D eigenvalue weighted by molar-refractivity contribution is 0.295.